The van der Waals surface area contributed by atoms with Crippen molar-refractivity contribution in [2.24, 2.45) is 11.8 Å². The normalized spacial score (nSPS) is 20.4. The molecule has 1 saturated heterocycles. The zero-order chi connectivity index (χ0) is 20.1. The highest BCUT2D eigenvalue weighted by molar-refractivity contribution is 6.31. The number of H-pyrrole nitrogens is 1. The van der Waals surface area contributed by atoms with Crippen LogP contribution in [0.2, 0.25) is 5.02 Å². The molecular weight excluding hydrogens is 395 g/mol. The van der Waals surface area contributed by atoms with Gasteiger partial charge in [-0.25, -0.2) is 13.2 Å². The number of alkyl halides is 2. The van der Waals surface area contributed by atoms with Gasteiger partial charge in [0.25, 0.3) is 5.92 Å². The molecule has 1 unspecified atom stereocenters. The Hall–Kier alpha value is -1.80. The number of aliphatic hydroxyl groups excluding tert-OH is 1. The number of aromatic nitrogens is 2. The Morgan fingerprint density at radius 3 is 2.61 bits per heavy atom. The minimum Gasteiger partial charge on any atom is -0.382 e. The zero-order valence-electron chi connectivity index (χ0n) is 15.1. The van der Waals surface area contributed by atoms with E-state index in [1.54, 1.807) is 4.90 Å². The van der Waals surface area contributed by atoms with E-state index in [-0.39, 0.29) is 48.3 Å². The minimum absolute atomic E-state index is 0.00618. The Labute approximate surface area is 164 Å². The maximum Gasteiger partial charge on any atom is 0.280 e. The molecule has 2 fully saturated rings. The Morgan fingerprint density at radius 2 is 2.00 bits per heavy atom. The second kappa shape index (κ2) is 7.22. The quantitative estimate of drug-likeness (QED) is 0.791. The molecule has 2 N–H and O–H groups in total. The Bertz CT molecular complexity index is 892. The highest BCUT2D eigenvalue weighted by Gasteiger charge is 2.50. The van der Waals surface area contributed by atoms with Crippen LogP contribution in [0.4, 0.5) is 13.2 Å². The lowest BCUT2D eigenvalue weighted by molar-refractivity contribution is -0.166. The molecule has 1 aliphatic heterocycles. The number of carbonyl (C=O) groups excluding carboxylic acids is 1. The van der Waals surface area contributed by atoms with E-state index in [1.165, 1.54) is 12.3 Å². The Morgan fingerprint density at radius 1 is 1.32 bits per heavy atom. The molecule has 4 rings (SSSR count). The lowest BCUT2D eigenvalue weighted by atomic mass is 9.82. The summed E-state index contributed by atoms with van der Waals surface area (Å²) in [6.45, 7) is 0.444. The average Bonchev–Trinajstić information content (AvgIpc) is 3.08. The number of aromatic amines is 1. The molecule has 0 spiro atoms. The van der Waals surface area contributed by atoms with Crippen molar-refractivity contribution in [1.82, 2.24) is 15.1 Å². The number of nitrogens with zero attached hydrogens (tertiary/aromatic N) is 2. The number of likely N-dealkylation sites (tertiary alicyclic amines) is 1. The fourth-order valence-corrected chi connectivity index (χ4v) is 4.35. The molecule has 5 nitrogen and oxygen atoms in total. The van der Waals surface area contributed by atoms with Gasteiger partial charge in [0.15, 0.2) is 0 Å². The maximum absolute atomic E-state index is 15.1. The predicted octanol–water partition coefficient (Wildman–Crippen LogP) is 4.06. The summed E-state index contributed by atoms with van der Waals surface area (Å²) < 4.78 is 44.7. The first-order chi connectivity index (χ1) is 13.3. The molecule has 9 heteroatoms. The smallest absolute Gasteiger partial charge is 0.280 e. The Balaban J connectivity index is 1.53. The van der Waals surface area contributed by atoms with Gasteiger partial charge in [0.1, 0.15) is 11.9 Å². The molecule has 152 valence electrons. The van der Waals surface area contributed by atoms with Gasteiger partial charge in [-0.15, -0.1) is 0 Å². The van der Waals surface area contributed by atoms with Gasteiger partial charge >= 0.3 is 0 Å². The van der Waals surface area contributed by atoms with E-state index >= 15 is 8.78 Å². The molecule has 1 amide bonds. The van der Waals surface area contributed by atoms with E-state index in [0.29, 0.717) is 5.39 Å². The van der Waals surface area contributed by atoms with Gasteiger partial charge in [-0.2, -0.15) is 5.10 Å². The topological polar surface area (TPSA) is 69.2 Å². The largest absolute Gasteiger partial charge is 0.382 e. The van der Waals surface area contributed by atoms with Crippen molar-refractivity contribution in [2.45, 2.75) is 44.1 Å². The molecule has 1 saturated carbocycles. The van der Waals surface area contributed by atoms with Crippen molar-refractivity contribution < 1.29 is 23.1 Å². The predicted molar refractivity (Wildman–Crippen MR) is 97.6 cm³/mol. The average molecular weight is 416 g/mol. The van der Waals surface area contributed by atoms with Crippen LogP contribution in [0.1, 0.15) is 43.8 Å². The number of benzene rings is 1. The van der Waals surface area contributed by atoms with Crippen LogP contribution in [0.15, 0.2) is 12.3 Å². The molecule has 1 atom stereocenters. The van der Waals surface area contributed by atoms with Crippen molar-refractivity contribution in [3.05, 3.63) is 28.7 Å². The van der Waals surface area contributed by atoms with E-state index in [4.69, 9.17) is 11.6 Å². The lowest BCUT2D eigenvalue weighted by Crippen LogP contribution is -2.48. The van der Waals surface area contributed by atoms with Gasteiger partial charge in [-0.05, 0) is 31.7 Å². The van der Waals surface area contributed by atoms with Gasteiger partial charge in [0.2, 0.25) is 5.91 Å². The van der Waals surface area contributed by atoms with Gasteiger partial charge in [0, 0.05) is 35.9 Å². The van der Waals surface area contributed by atoms with Crippen LogP contribution in [0, 0.1) is 17.7 Å². The van der Waals surface area contributed by atoms with E-state index in [1.807, 2.05) is 0 Å². The fourth-order valence-electron chi connectivity index (χ4n) is 4.13. The molecular formula is C19H21ClF3N3O2. The number of amides is 1. The van der Waals surface area contributed by atoms with Crippen LogP contribution in [-0.4, -0.2) is 45.1 Å². The summed E-state index contributed by atoms with van der Waals surface area (Å²) in [7, 11) is 0. The van der Waals surface area contributed by atoms with Crippen molar-refractivity contribution in [3.8, 4) is 0 Å². The molecule has 1 aromatic carbocycles. The summed E-state index contributed by atoms with van der Waals surface area (Å²) >= 11 is 5.82. The Kier molecular flexibility index (Phi) is 5.03. The standard InChI is InChI=1S/C19H21ClF3N3O2/c20-13-8-11-9-24-25-16(11)14(15(13)21)17(27)19(22,23)12-4-6-26(7-5-12)18(28)10-2-1-3-10/h8-10,12,17,27H,1-7H2,(H,24,25). The molecule has 28 heavy (non-hydrogen) atoms. The number of carbonyl (C=O) groups is 1. The van der Waals surface area contributed by atoms with Crippen molar-refractivity contribution in [2.75, 3.05) is 13.1 Å². The second-order valence-electron chi connectivity index (χ2n) is 7.72. The highest BCUT2D eigenvalue weighted by atomic mass is 35.5. The first kappa shape index (κ1) is 19.5. The number of fused-ring (bicyclic) bond motifs is 1. The summed E-state index contributed by atoms with van der Waals surface area (Å²) in [6, 6.07) is 1.27. The SMILES string of the molecule is O=C(C1CCC1)N1CCC(C(F)(F)C(O)c2c(F)c(Cl)cc3cn[nH]c23)CC1. The first-order valence-electron chi connectivity index (χ1n) is 9.46. The summed E-state index contributed by atoms with van der Waals surface area (Å²) in [5, 5.41) is 16.6. The number of aliphatic hydroxyl groups is 1. The molecule has 1 aromatic heterocycles. The number of hydrogen-bond donors (Lipinski definition) is 2. The van der Waals surface area contributed by atoms with Crippen molar-refractivity contribution in [1.29, 1.82) is 0 Å². The van der Waals surface area contributed by atoms with Crippen LogP contribution < -0.4 is 0 Å². The van der Waals surface area contributed by atoms with Gasteiger partial charge in [0.05, 0.1) is 16.7 Å². The van der Waals surface area contributed by atoms with Gasteiger partial charge in [-0.3, -0.25) is 9.89 Å². The fraction of sp³-hybridized carbons (Fsp3) is 0.579. The van der Waals surface area contributed by atoms with Crippen molar-refractivity contribution in [3.63, 3.8) is 0 Å². The van der Waals surface area contributed by atoms with Crippen LogP contribution in [0.5, 0.6) is 0 Å². The van der Waals surface area contributed by atoms with Gasteiger partial charge < -0.3 is 10.0 Å². The number of halogens is 4. The number of hydrogen-bond acceptors (Lipinski definition) is 3. The van der Waals surface area contributed by atoms with Crippen LogP contribution in [-0.2, 0) is 4.79 Å². The number of rotatable bonds is 4. The van der Waals surface area contributed by atoms with Crippen LogP contribution in [0.3, 0.4) is 0 Å². The van der Waals surface area contributed by atoms with E-state index in [9.17, 15) is 14.3 Å². The minimum atomic E-state index is -3.57. The molecule has 0 radical (unpaired) electrons. The molecule has 2 aliphatic rings. The molecule has 2 heterocycles. The van der Waals surface area contributed by atoms with E-state index in [0.717, 1.165) is 19.3 Å². The third-order valence-corrected chi connectivity index (χ3v) is 6.38. The summed E-state index contributed by atoms with van der Waals surface area (Å²) in [6.07, 6.45) is 1.83. The van der Waals surface area contributed by atoms with Crippen molar-refractivity contribution >= 4 is 28.4 Å². The van der Waals surface area contributed by atoms with E-state index < -0.39 is 29.3 Å². The summed E-state index contributed by atoms with van der Waals surface area (Å²) in [4.78, 5) is 13.9. The summed E-state index contributed by atoms with van der Waals surface area (Å²) in [5.74, 6) is -5.76. The maximum atomic E-state index is 15.1. The lowest BCUT2D eigenvalue weighted by Gasteiger charge is -2.40. The monoisotopic (exact) mass is 415 g/mol. The van der Waals surface area contributed by atoms with Crippen LogP contribution >= 0.6 is 11.6 Å². The van der Waals surface area contributed by atoms with E-state index in [2.05, 4.69) is 10.2 Å². The van der Waals surface area contributed by atoms with Crippen LogP contribution in [0.25, 0.3) is 10.9 Å². The summed E-state index contributed by atoms with van der Waals surface area (Å²) in [5.41, 5.74) is -0.565. The molecule has 1 aliphatic carbocycles. The molecule has 2 aromatic rings. The highest BCUT2D eigenvalue weighted by Crippen LogP contribution is 2.45. The van der Waals surface area contributed by atoms with Gasteiger partial charge in [-0.1, -0.05) is 18.0 Å². The third-order valence-electron chi connectivity index (χ3n) is 6.11. The third kappa shape index (κ3) is 3.16. The second-order valence-corrected chi connectivity index (χ2v) is 8.13. The zero-order valence-corrected chi connectivity index (χ0v) is 15.9. The molecule has 0 bridgehead atoms. The number of nitrogens with one attached hydrogen (secondary N) is 1. The first-order valence-corrected chi connectivity index (χ1v) is 9.84. The number of piperidine rings is 1.